The van der Waals surface area contributed by atoms with E-state index in [1.165, 1.54) is 31.5 Å². The van der Waals surface area contributed by atoms with Crippen molar-refractivity contribution in [3.63, 3.8) is 0 Å². The lowest BCUT2D eigenvalue weighted by Gasteiger charge is -2.17. The second kappa shape index (κ2) is 5.25. The molecular weight excluding hydrogens is 230 g/mol. The fourth-order valence-electron chi connectivity index (χ4n) is 2.54. The number of rotatable bonds is 4. The predicted octanol–water partition coefficient (Wildman–Crippen LogP) is 2.21. The summed E-state index contributed by atoms with van der Waals surface area (Å²) >= 11 is 0. The molecule has 0 saturated heterocycles. The Kier molecular flexibility index (Phi) is 3.69. The van der Waals surface area contributed by atoms with Gasteiger partial charge in [0.15, 0.2) is 0 Å². The number of nitrogens with zero attached hydrogens (tertiary/aromatic N) is 1. The van der Waals surface area contributed by atoms with Crippen molar-refractivity contribution in [2.45, 2.75) is 26.2 Å². The van der Waals surface area contributed by atoms with E-state index in [1.807, 2.05) is 0 Å². The van der Waals surface area contributed by atoms with Gasteiger partial charge in [0.05, 0.1) is 11.9 Å². The molecular formula is C13H19N3O2. The van der Waals surface area contributed by atoms with Gasteiger partial charge in [-0.3, -0.25) is 0 Å². The molecule has 0 spiro atoms. The summed E-state index contributed by atoms with van der Waals surface area (Å²) in [6.45, 7) is 3.02. The van der Waals surface area contributed by atoms with Crippen LogP contribution in [0.15, 0.2) is 12.3 Å². The van der Waals surface area contributed by atoms with Crippen LogP contribution in [0.25, 0.3) is 0 Å². The van der Waals surface area contributed by atoms with Crippen molar-refractivity contribution < 1.29 is 9.90 Å². The van der Waals surface area contributed by atoms with Crippen LogP contribution in [0.2, 0.25) is 0 Å². The molecule has 5 heteroatoms. The van der Waals surface area contributed by atoms with E-state index >= 15 is 0 Å². The first kappa shape index (κ1) is 12.7. The van der Waals surface area contributed by atoms with Gasteiger partial charge in [-0.15, -0.1) is 0 Å². The smallest absolute Gasteiger partial charge is 0.339 e. The van der Waals surface area contributed by atoms with E-state index in [4.69, 9.17) is 10.8 Å². The summed E-state index contributed by atoms with van der Waals surface area (Å²) in [5.74, 6) is 0.707. The van der Waals surface area contributed by atoms with Crippen LogP contribution in [0.5, 0.6) is 0 Å². The van der Waals surface area contributed by atoms with Gasteiger partial charge >= 0.3 is 5.97 Å². The van der Waals surface area contributed by atoms with Gasteiger partial charge in [-0.25, -0.2) is 9.78 Å². The van der Waals surface area contributed by atoms with Gasteiger partial charge in [-0.05, 0) is 24.3 Å². The first-order chi connectivity index (χ1) is 8.58. The summed E-state index contributed by atoms with van der Waals surface area (Å²) in [5, 5.41) is 12.2. The lowest BCUT2D eigenvalue weighted by atomic mass is 9.98. The number of hydrogen-bond acceptors (Lipinski definition) is 4. The Morgan fingerprint density at radius 3 is 3.00 bits per heavy atom. The maximum atomic E-state index is 11.1. The Morgan fingerprint density at radius 1 is 1.61 bits per heavy atom. The second-order valence-corrected chi connectivity index (χ2v) is 5.02. The van der Waals surface area contributed by atoms with E-state index in [-0.39, 0.29) is 5.56 Å². The third kappa shape index (κ3) is 2.72. The minimum atomic E-state index is -1.00. The molecule has 98 valence electrons. The highest BCUT2D eigenvalue weighted by Gasteiger charge is 2.23. The number of carboxylic acids is 1. The SMILES string of the molecule is CC1CCCC1CNc1ncc(N)cc1C(=O)O. The van der Waals surface area contributed by atoms with Crippen LogP contribution in [-0.2, 0) is 0 Å². The maximum absolute atomic E-state index is 11.1. The molecule has 0 aromatic carbocycles. The number of carbonyl (C=O) groups is 1. The standard InChI is InChI=1S/C13H19N3O2/c1-8-3-2-4-9(8)6-15-12-11(13(17)18)5-10(14)7-16-12/h5,7-9H,2-4,6,14H2,1H3,(H,15,16)(H,17,18). The highest BCUT2D eigenvalue weighted by molar-refractivity contribution is 5.94. The first-order valence-corrected chi connectivity index (χ1v) is 6.30. The zero-order chi connectivity index (χ0) is 13.1. The van der Waals surface area contributed by atoms with Crippen LogP contribution in [0.3, 0.4) is 0 Å². The van der Waals surface area contributed by atoms with E-state index in [0.717, 1.165) is 6.54 Å². The van der Waals surface area contributed by atoms with Crippen molar-refractivity contribution in [3.8, 4) is 0 Å². The van der Waals surface area contributed by atoms with Gasteiger partial charge in [0, 0.05) is 6.54 Å². The lowest BCUT2D eigenvalue weighted by Crippen LogP contribution is -2.18. The minimum absolute atomic E-state index is 0.139. The van der Waals surface area contributed by atoms with E-state index < -0.39 is 5.97 Å². The molecule has 0 bridgehead atoms. The molecule has 0 radical (unpaired) electrons. The molecule has 1 aliphatic rings. The largest absolute Gasteiger partial charge is 0.478 e. The summed E-state index contributed by atoms with van der Waals surface area (Å²) in [5.41, 5.74) is 6.06. The highest BCUT2D eigenvalue weighted by atomic mass is 16.4. The molecule has 5 nitrogen and oxygen atoms in total. The Hall–Kier alpha value is -1.78. The summed E-state index contributed by atoms with van der Waals surface area (Å²) in [4.78, 5) is 15.2. The van der Waals surface area contributed by atoms with Crippen molar-refractivity contribution in [1.29, 1.82) is 0 Å². The molecule has 2 rings (SSSR count). The predicted molar refractivity (Wildman–Crippen MR) is 70.6 cm³/mol. The summed E-state index contributed by atoms with van der Waals surface area (Å²) < 4.78 is 0. The average molecular weight is 249 g/mol. The van der Waals surface area contributed by atoms with E-state index in [2.05, 4.69) is 17.2 Å². The minimum Gasteiger partial charge on any atom is -0.478 e. The summed E-state index contributed by atoms with van der Waals surface area (Å²) in [6, 6.07) is 1.44. The molecule has 0 aliphatic heterocycles. The normalized spacial score (nSPS) is 22.9. The zero-order valence-electron chi connectivity index (χ0n) is 10.5. The third-order valence-corrected chi connectivity index (χ3v) is 3.71. The van der Waals surface area contributed by atoms with Crippen molar-refractivity contribution in [2.24, 2.45) is 11.8 Å². The van der Waals surface area contributed by atoms with Gasteiger partial charge in [-0.1, -0.05) is 19.8 Å². The number of nitrogens with two attached hydrogens (primary N) is 1. The van der Waals surface area contributed by atoms with Crippen molar-refractivity contribution >= 4 is 17.5 Å². The van der Waals surface area contributed by atoms with Gasteiger partial charge < -0.3 is 16.2 Å². The van der Waals surface area contributed by atoms with Crippen molar-refractivity contribution in [1.82, 2.24) is 4.98 Å². The van der Waals surface area contributed by atoms with Crippen molar-refractivity contribution in [3.05, 3.63) is 17.8 Å². The van der Waals surface area contributed by atoms with Crippen LogP contribution in [0, 0.1) is 11.8 Å². The number of aromatic nitrogens is 1. The molecule has 1 saturated carbocycles. The number of pyridine rings is 1. The fraction of sp³-hybridized carbons (Fsp3) is 0.538. The van der Waals surface area contributed by atoms with Crippen LogP contribution < -0.4 is 11.1 Å². The molecule has 2 atom stereocenters. The summed E-state index contributed by atoms with van der Waals surface area (Å²) in [7, 11) is 0. The number of nitrogens with one attached hydrogen (secondary N) is 1. The van der Waals surface area contributed by atoms with Gasteiger partial charge in [0.2, 0.25) is 0 Å². The van der Waals surface area contributed by atoms with E-state index in [0.29, 0.717) is 23.3 Å². The Morgan fingerprint density at radius 2 is 2.39 bits per heavy atom. The summed E-state index contributed by atoms with van der Waals surface area (Å²) in [6.07, 6.45) is 5.19. The number of anilines is 2. The fourth-order valence-corrected chi connectivity index (χ4v) is 2.54. The van der Waals surface area contributed by atoms with Crippen LogP contribution in [0.1, 0.15) is 36.5 Å². The van der Waals surface area contributed by atoms with Crippen LogP contribution in [0.4, 0.5) is 11.5 Å². The Balaban J connectivity index is 2.06. The Bertz CT molecular complexity index is 448. The number of aromatic carboxylic acids is 1. The number of hydrogen-bond donors (Lipinski definition) is 3. The molecule has 1 aliphatic carbocycles. The van der Waals surface area contributed by atoms with Gasteiger partial charge in [-0.2, -0.15) is 0 Å². The molecule has 2 unspecified atom stereocenters. The van der Waals surface area contributed by atoms with Crippen LogP contribution >= 0.6 is 0 Å². The topological polar surface area (TPSA) is 88.2 Å². The number of nitrogen functional groups attached to an aromatic ring is 1. The average Bonchev–Trinajstić information content (AvgIpc) is 2.73. The zero-order valence-corrected chi connectivity index (χ0v) is 10.5. The quantitative estimate of drug-likeness (QED) is 0.761. The molecule has 1 aromatic heterocycles. The molecule has 18 heavy (non-hydrogen) atoms. The third-order valence-electron chi connectivity index (χ3n) is 3.71. The monoisotopic (exact) mass is 249 g/mol. The number of carboxylic acid groups (broad SMARTS) is 1. The molecule has 0 amide bonds. The molecule has 1 fully saturated rings. The second-order valence-electron chi connectivity index (χ2n) is 5.02. The molecule has 1 aromatic rings. The first-order valence-electron chi connectivity index (χ1n) is 6.30. The maximum Gasteiger partial charge on any atom is 0.339 e. The molecule has 4 N–H and O–H groups in total. The Labute approximate surface area is 106 Å². The lowest BCUT2D eigenvalue weighted by molar-refractivity contribution is 0.0697. The highest BCUT2D eigenvalue weighted by Crippen LogP contribution is 2.31. The van der Waals surface area contributed by atoms with Gasteiger partial charge in [0.1, 0.15) is 11.4 Å². The van der Waals surface area contributed by atoms with Gasteiger partial charge in [0.25, 0.3) is 0 Å². The van der Waals surface area contributed by atoms with E-state index in [1.54, 1.807) is 0 Å². The van der Waals surface area contributed by atoms with E-state index in [9.17, 15) is 4.79 Å². The molecule has 1 heterocycles. The van der Waals surface area contributed by atoms with Crippen molar-refractivity contribution in [2.75, 3.05) is 17.6 Å². The van der Waals surface area contributed by atoms with Crippen LogP contribution in [-0.4, -0.2) is 22.6 Å².